The highest BCUT2D eigenvalue weighted by molar-refractivity contribution is 5.95. The number of aliphatic hydroxyl groups excluding tert-OH is 1. The summed E-state index contributed by atoms with van der Waals surface area (Å²) >= 11 is 0. The number of benzene rings is 1. The Bertz CT molecular complexity index is 509. The van der Waals surface area contributed by atoms with Gasteiger partial charge in [0, 0.05) is 0 Å². The molecule has 0 unspecified atom stereocenters. The van der Waals surface area contributed by atoms with E-state index in [0.717, 1.165) is 5.69 Å². The summed E-state index contributed by atoms with van der Waals surface area (Å²) in [5.74, 6) is 0.299. The lowest BCUT2D eigenvalue weighted by Crippen LogP contribution is -2.29. The van der Waals surface area contributed by atoms with Crippen LogP contribution in [0.5, 0.6) is 0 Å². The summed E-state index contributed by atoms with van der Waals surface area (Å²) in [4.78, 5) is 0. The fourth-order valence-corrected chi connectivity index (χ4v) is 1.63. The first-order chi connectivity index (χ1) is 8.13. The molecule has 0 spiro atoms. The molecule has 2 rings (SSSR count). The standard InChI is InChI=1S/C11H16N4O2/c1-6(2)9(5-16)13-8-4-3-7(12)10-11(8)15-17-14-10/h3-4,6,9,13,16H,5,12H2,1-2H3/t9-/m1/s1. The van der Waals surface area contributed by atoms with Gasteiger partial charge in [0.1, 0.15) is 0 Å². The van der Waals surface area contributed by atoms with Gasteiger partial charge >= 0.3 is 0 Å². The number of aromatic nitrogens is 2. The van der Waals surface area contributed by atoms with Crippen LogP contribution >= 0.6 is 0 Å². The molecular weight excluding hydrogens is 220 g/mol. The van der Waals surface area contributed by atoms with Crippen molar-refractivity contribution in [2.24, 2.45) is 5.92 Å². The van der Waals surface area contributed by atoms with Crippen molar-refractivity contribution >= 4 is 22.4 Å². The third-order valence-electron chi connectivity index (χ3n) is 2.79. The Morgan fingerprint density at radius 1 is 1.35 bits per heavy atom. The average molecular weight is 236 g/mol. The van der Waals surface area contributed by atoms with Crippen LogP contribution in [0.25, 0.3) is 11.0 Å². The van der Waals surface area contributed by atoms with E-state index in [1.807, 2.05) is 19.9 Å². The van der Waals surface area contributed by atoms with Crippen molar-refractivity contribution in [3.63, 3.8) is 0 Å². The third-order valence-corrected chi connectivity index (χ3v) is 2.79. The molecule has 1 atom stereocenters. The van der Waals surface area contributed by atoms with Crippen molar-refractivity contribution in [3.05, 3.63) is 12.1 Å². The van der Waals surface area contributed by atoms with Gasteiger partial charge in [-0.05, 0) is 28.4 Å². The number of anilines is 2. The molecule has 0 radical (unpaired) electrons. The van der Waals surface area contributed by atoms with Crippen LogP contribution in [0.3, 0.4) is 0 Å². The van der Waals surface area contributed by atoms with Crippen LogP contribution in [0.15, 0.2) is 16.8 Å². The molecule has 0 saturated heterocycles. The molecule has 6 heteroatoms. The van der Waals surface area contributed by atoms with E-state index in [-0.39, 0.29) is 12.6 Å². The van der Waals surface area contributed by atoms with Crippen molar-refractivity contribution < 1.29 is 9.74 Å². The van der Waals surface area contributed by atoms with E-state index in [1.165, 1.54) is 0 Å². The molecule has 0 amide bonds. The van der Waals surface area contributed by atoms with Gasteiger partial charge in [0.15, 0.2) is 11.0 Å². The number of rotatable bonds is 4. The maximum atomic E-state index is 9.29. The highest BCUT2D eigenvalue weighted by Gasteiger charge is 2.16. The minimum atomic E-state index is -0.0430. The van der Waals surface area contributed by atoms with Crippen molar-refractivity contribution in [1.82, 2.24) is 10.3 Å². The quantitative estimate of drug-likeness (QED) is 0.691. The molecular formula is C11H16N4O2. The summed E-state index contributed by atoms with van der Waals surface area (Å²) < 4.78 is 4.68. The van der Waals surface area contributed by atoms with Crippen LogP contribution in [0.4, 0.5) is 11.4 Å². The van der Waals surface area contributed by atoms with E-state index < -0.39 is 0 Å². The number of nitrogen functional groups attached to an aromatic ring is 1. The molecule has 4 N–H and O–H groups in total. The smallest absolute Gasteiger partial charge is 0.160 e. The van der Waals surface area contributed by atoms with Gasteiger partial charge in [0.25, 0.3) is 0 Å². The molecule has 1 heterocycles. The predicted octanol–water partition coefficient (Wildman–Crippen LogP) is 1.23. The Kier molecular flexibility index (Phi) is 3.14. The van der Waals surface area contributed by atoms with Crippen LogP contribution in [-0.2, 0) is 0 Å². The highest BCUT2D eigenvalue weighted by Crippen LogP contribution is 2.26. The van der Waals surface area contributed by atoms with E-state index in [9.17, 15) is 5.11 Å². The molecule has 0 aliphatic heterocycles. The maximum absolute atomic E-state index is 9.29. The third kappa shape index (κ3) is 2.16. The molecule has 17 heavy (non-hydrogen) atoms. The van der Waals surface area contributed by atoms with Gasteiger partial charge in [-0.3, -0.25) is 0 Å². The molecule has 0 saturated carbocycles. The lowest BCUT2D eigenvalue weighted by molar-refractivity contribution is 0.249. The van der Waals surface area contributed by atoms with Crippen LogP contribution < -0.4 is 11.1 Å². The first-order valence-corrected chi connectivity index (χ1v) is 5.51. The minimum Gasteiger partial charge on any atom is -0.397 e. The van der Waals surface area contributed by atoms with E-state index in [0.29, 0.717) is 22.6 Å². The lowest BCUT2D eigenvalue weighted by atomic mass is 10.0. The number of nitrogens with one attached hydrogen (secondary N) is 1. The number of hydrogen-bond donors (Lipinski definition) is 3. The van der Waals surface area contributed by atoms with Crippen LogP contribution in [0, 0.1) is 5.92 Å². The second-order valence-electron chi connectivity index (χ2n) is 4.34. The predicted molar refractivity (Wildman–Crippen MR) is 65.6 cm³/mol. The Balaban J connectivity index is 2.36. The molecule has 1 aromatic heterocycles. The molecule has 0 aliphatic rings. The van der Waals surface area contributed by atoms with Gasteiger partial charge in [-0.25, -0.2) is 4.63 Å². The van der Waals surface area contributed by atoms with Gasteiger partial charge < -0.3 is 16.2 Å². The summed E-state index contributed by atoms with van der Waals surface area (Å²) in [7, 11) is 0. The maximum Gasteiger partial charge on any atom is 0.160 e. The number of fused-ring (bicyclic) bond motifs is 1. The minimum absolute atomic E-state index is 0.0430. The summed E-state index contributed by atoms with van der Waals surface area (Å²) in [5.41, 5.74) is 8.17. The van der Waals surface area contributed by atoms with E-state index in [2.05, 4.69) is 20.3 Å². The largest absolute Gasteiger partial charge is 0.397 e. The van der Waals surface area contributed by atoms with Gasteiger partial charge in [-0.15, -0.1) is 0 Å². The number of nitrogens with zero attached hydrogens (tertiary/aromatic N) is 2. The zero-order chi connectivity index (χ0) is 12.4. The van der Waals surface area contributed by atoms with Crippen LogP contribution in [-0.4, -0.2) is 28.1 Å². The van der Waals surface area contributed by atoms with Crippen LogP contribution in [0.2, 0.25) is 0 Å². The molecule has 1 aromatic carbocycles. The zero-order valence-electron chi connectivity index (χ0n) is 9.84. The Hall–Kier alpha value is -1.82. The van der Waals surface area contributed by atoms with Crippen molar-refractivity contribution in [2.75, 3.05) is 17.7 Å². The summed E-state index contributed by atoms with van der Waals surface area (Å²) in [6.45, 7) is 4.11. The SMILES string of the molecule is CC(C)[C@@H](CO)Nc1ccc(N)c2nonc12. The van der Waals surface area contributed by atoms with Crippen LogP contribution in [0.1, 0.15) is 13.8 Å². The van der Waals surface area contributed by atoms with Gasteiger partial charge in [0.05, 0.1) is 24.0 Å². The Morgan fingerprint density at radius 3 is 2.71 bits per heavy atom. The van der Waals surface area contributed by atoms with Gasteiger partial charge in [0.2, 0.25) is 0 Å². The van der Waals surface area contributed by atoms with Gasteiger partial charge in [-0.1, -0.05) is 13.8 Å². The number of nitrogens with two attached hydrogens (primary N) is 1. The topological polar surface area (TPSA) is 97.2 Å². The molecule has 0 fully saturated rings. The monoisotopic (exact) mass is 236 g/mol. The normalized spacial score (nSPS) is 13.2. The van der Waals surface area contributed by atoms with E-state index in [4.69, 9.17) is 5.73 Å². The number of aliphatic hydroxyl groups is 1. The second-order valence-corrected chi connectivity index (χ2v) is 4.34. The van der Waals surface area contributed by atoms with Crippen molar-refractivity contribution in [3.8, 4) is 0 Å². The Morgan fingerprint density at radius 2 is 2.06 bits per heavy atom. The zero-order valence-corrected chi connectivity index (χ0v) is 9.84. The molecule has 6 nitrogen and oxygen atoms in total. The number of hydrogen-bond acceptors (Lipinski definition) is 6. The highest BCUT2D eigenvalue weighted by atomic mass is 16.6. The van der Waals surface area contributed by atoms with Crippen molar-refractivity contribution in [1.29, 1.82) is 0 Å². The summed E-state index contributed by atoms with van der Waals surface area (Å²) in [6.07, 6.45) is 0. The average Bonchev–Trinajstić information content (AvgIpc) is 2.78. The summed E-state index contributed by atoms with van der Waals surface area (Å²) in [5, 5.41) is 20.1. The molecule has 0 bridgehead atoms. The fraction of sp³-hybridized carbons (Fsp3) is 0.455. The van der Waals surface area contributed by atoms with Gasteiger partial charge in [-0.2, -0.15) is 0 Å². The second kappa shape index (κ2) is 4.58. The fourth-order valence-electron chi connectivity index (χ4n) is 1.63. The first kappa shape index (κ1) is 11.7. The van der Waals surface area contributed by atoms with E-state index >= 15 is 0 Å². The Labute approximate surface area is 98.8 Å². The summed E-state index contributed by atoms with van der Waals surface area (Å²) in [6, 6.07) is 3.51. The van der Waals surface area contributed by atoms with E-state index in [1.54, 1.807) is 6.07 Å². The molecule has 2 aromatic rings. The van der Waals surface area contributed by atoms with Crippen molar-refractivity contribution in [2.45, 2.75) is 19.9 Å². The molecule has 92 valence electrons. The first-order valence-electron chi connectivity index (χ1n) is 5.51. The lowest BCUT2D eigenvalue weighted by Gasteiger charge is -2.21. The molecule has 0 aliphatic carbocycles.